The van der Waals surface area contributed by atoms with Crippen LogP contribution in [-0.2, 0) is 6.11 Å². The number of hydrogen-bond acceptors (Lipinski definition) is 1. The number of alkyl halides is 2. The van der Waals surface area contributed by atoms with Crippen molar-refractivity contribution in [1.82, 2.24) is 0 Å². The molecular weight excluding hydrogens is 492 g/mol. The Morgan fingerprint density at radius 1 is 0.694 bits per heavy atom. The van der Waals surface area contributed by atoms with Crippen LogP contribution in [-0.4, -0.2) is 0 Å². The zero-order chi connectivity index (χ0) is 26.4. The molecule has 0 unspecified atom stereocenters. The summed E-state index contributed by atoms with van der Waals surface area (Å²) in [5.41, 5.74) is -3.19. The Morgan fingerprint density at radius 2 is 1.19 bits per heavy atom. The summed E-state index contributed by atoms with van der Waals surface area (Å²) in [4.78, 5) is 0. The van der Waals surface area contributed by atoms with Gasteiger partial charge in [-0.3, -0.25) is 0 Å². The summed E-state index contributed by atoms with van der Waals surface area (Å²) in [6.45, 7) is 3.19. The molecule has 1 saturated carbocycles. The normalized spacial score (nSPS) is 18.4. The SMILES string of the molecule is Cc1c(F)cc(-c2c(F)cc(OC(F)(F)c3c(F)cc(C4CCC(C)CC4)cc3F)cc2F)cc1F. The summed E-state index contributed by atoms with van der Waals surface area (Å²) in [5.74, 6) is -8.91. The van der Waals surface area contributed by atoms with Crippen molar-refractivity contribution in [3.05, 3.63) is 88.0 Å². The zero-order valence-corrected chi connectivity index (χ0v) is 19.4. The molecule has 0 saturated heterocycles. The third-order valence-electron chi connectivity index (χ3n) is 6.67. The lowest BCUT2D eigenvalue weighted by molar-refractivity contribution is -0.189. The van der Waals surface area contributed by atoms with Crippen molar-refractivity contribution in [2.24, 2.45) is 5.92 Å². The van der Waals surface area contributed by atoms with Crippen LogP contribution in [0.25, 0.3) is 11.1 Å². The van der Waals surface area contributed by atoms with Crippen LogP contribution in [0.2, 0.25) is 0 Å². The first-order valence-electron chi connectivity index (χ1n) is 11.4. The molecule has 1 aliphatic rings. The van der Waals surface area contributed by atoms with Crippen LogP contribution in [0.4, 0.5) is 35.1 Å². The Bertz CT molecular complexity index is 1230. The largest absolute Gasteiger partial charge is 0.432 e. The van der Waals surface area contributed by atoms with E-state index in [-0.39, 0.29) is 17.0 Å². The van der Waals surface area contributed by atoms with Crippen LogP contribution in [0.3, 0.4) is 0 Å². The van der Waals surface area contributed by atoms with Crippen LogP contribution in [0.1, 0.15) is 55.2 Å². The first-order valence-corrected chi connectivity index (χ1v) is 11.4. The van der Waals surface area contributed by atoms with E-state index in [9.17, 15) is 35.1 Å². The molecule has 0 amide bonds. The topological polar surface area (TPSA) is 9.23 Å². The highest BCUT2D eigenvalue weighted by Gasteiger charge is 2.42. The van der Waals surface area contributed by atoms with Gasteiger partial charge in [0.2, 0.25) is 0 Å². The van der Waals surface area contributed by atoms with Crippen molar-refractivity contribution in [3.63, 3.8) is 0 Å². The standard InChI is InChI=1S/C27H22F8O/c1-13-3-5-15(6-4-13)16-7-23(32)26(24(33)8-16)27(34,35)36-18-11-21(30)25(22(31)12-18)17-9-19(28)14(2)20(29)10-17/h7-13,15H,3-6H2,1-2H3. The van der Waals surface area contributed by atoms with Gasteiger partial charge in [-0.15, -0.1) is 0 Å². The van der Waals surface area contributed by atoms with E-state index in [0.29, 0.717) is 43.0 Å². The van der Waals surface area contributed by atoms with E-state index in [4.69, 9.17) is 0 Å². The van der Waals surface area contributed by atoms with E-state index in [2.05, 4.69) is 11.7 Å². The smallest absolute Gasteiger partial charge is 0.429 e. The van der Waals surface area contributed by atoms with Gasteiger partial charge in [0.25, 0.3) is 0 Å². The summed E-state index contributed by atoms with van der Waals surface area (Å²) in [7, 11) is 0. The van der Waals surface area contributed by atoms with E-state index >= 15 is 0 Å². The van der Waals surface area contributed by atoms with Crippen LogP contribution >= 0.6 is 0 Å². The predicted molar refractivity (Wildman–Crippen MR) is 118 cm³/mol. The van der Waals surface area contributed by atoms with E-state index in [1.807, 2.05) is 0 Å². The van der Waals surface area contributed by atoms with E-state index < -0.39 is 63.5 Å². The second-order valence-corrected chi connectivity index (χ2v) is 9.26. The molecule has 0 atom stereocenters. The molecule has 9 heteroatoms. The zero-order valence-electron chi connectivity index (χ0n) is 19.4. The van der Waals surface area contributed by atoms with E-state index in [1.54, 1.807) is 0 Å². The molecule has 36 heavy (non-hydrogen) atoms. The molecule has 0 bridgehead atoms. The Balaban J connectivity index is 1.63. The van der Waals surface area contributed by atoms with Crippen molar-refractivity contribution >= 4 is 0 Å². The van der Waals surface area contributed by atoms with Crippen molar-refractivity contribution in [1.29, 1.82) is 0 Å². The number of hydrogen-bond donors (Lipinski definition) is 0. The Kier molecular flexibility index (Phi) is 7.03. The van der Waals surface area contributed by atoms with Gasteiger partial charge in [0.05, 0.1) is 5.56 Å². The van der Waals surface area contributed by atoms with Crippen LogP contribution in [0, 0.1) is 47.7 Å². The van der Waals surface area contributed by atoms with Gasteiger partial charge in [-0.05, 0) is 67.0 Å². The quantitative estimate of drug-likeness (QED) is 0.309. The first kappa shape index (κ1) is 26.0. The third-order valence-corrected chi connectivity index (χ3v) is 6.67. The third kappa shape index (κ3) is 5.06. The maximum atomic E-state index is 14.8. The fourth-order valence-electron chi connectivity index (χ4n) is 4.57. The van der Waals surface area contributed by atoms with Gasteiger partial charge >= 0.3 is 6.11 Å². The summed E-state index contributed by atoms with van der Waals surface area (Å²) in [6, 6.07) is 3.73. The molecule has 0 aliphatic heterocycles. The Labute approximate surface area is 202 Å². The maximum absolute atomic E-state index is 14.8. The maximum Gasteiger partial charge on any atom is 0.432 e. The summed E-state index contributed by atoms with van der Waals surface area (Å²) < 4.78 is 120. The van der Waals surface area contributed by atoms with Crippen molar-refractivity contribution in [2.75, 3.05) is 0 Å². The van der Waals surface area contributed by atoms with Gasteiger partial charge in [0.15, 0.2) is 0 Å². The molecule has 3 aromatic rings. The first-order chi connectivity index (χ1) is 16.9. The lowest BCUT2D eigenvalue weighted by Crippen LogP contribution is -2.26. The monoisotopic (exact) mass is 514 g/mol. The summed E-state index contributed by atoms with van der Waals surface area (Å²) in [6.07, 6.45) is -1.57. The average molecular weight is 514 g/mol. The molecule has 0 radical (unpaired) electrons. The van der Waals surface area contributed by atoms with Crippen LogP contribution < -0.4 is 4.74 Å². The summed E-state index contributed by atoms with van der Waals surface area (Å²) >= 11 is 0. The highest BCUT2D eigenvalue weighted by atomic mass is 19.3. The number of halogens is 8. The fourth-order valence-corrected chi connectivity index (χ4v) is 4.57. The Hall–Kier alpha value is -3.10. The number of rotatable bonds is 5. The van der Waals surface area contributed by atoms with E-state index in [1.165, 1.54) is 0 Å². The molecule has 3 aromatic carbocycles. The minimum atomic E-state index is -4.61. The fraction of sp³-hybridized carbons (Fsp3) is 0.333. The molecule has 1 nitrogen and oxygen atoms in total. The molecule has 1 fully saturated rings. The molecular formula is C27H22F8O. The molecule has 0 spiro atoms. The van der Waals surface area contributed by atoms with Crippen LogP contribution in [0.15, 0.2) is 36.4 Å². The second kappa shape index (κ2) is 9.75. The van der Waals surface area contributed by atoms with Crippen LogP contribution in [0.5, 0.6) is 5.75 Å². The second-order valence-electron chi connectivity index (χ2n) is 9.26. The molecule has 1 aliphatic carbocycles. The van der Waals surface area contributed by atoms with Gasteiger partial charge in [-0.1, -0.05) is 19.8 Å². The lowest BCUT2D eigenvalue weighted by Gasteiger charge is -2.27. The highest BCUT2D eigenvalue weighted by Crippen LogP contribution is 2.41. The van der Waals surface area contributed by atoms with Gasteiger partial charge < -0.3 is 4.74 Å². The number of ether oxygens (including phenoxy) is 1. The molecule has 192 valence electrons. The molecule has 0 aromatic heterocycles. The van der Waals surface area contributed by atoms with Gasteiger partial charge in [0, 0.05) is 17.7 Å². The van der Waals surface area contributed by atoms with Gasteiger partial charge in [-0.25, -0.2) is 26.3 Å². The van der Waals surface area contributed by atoms with Crippen molar-refractivity contribution in [3.8, 4) is 16.9 Å². The predicted octanol–water partition coefficient (Wildman–Crippen LogP) is 8.92. The van der Waals surface area contributed by atoms with Crippen molar-refractivity contribution in [2.45, 2.75) is 51.6 Å². The molecule has 0 heterocycles. The lowest BCUT2D eigenvalue weighted by atomic mass is 9.79. The molecule has 0 N–H and O–H groups in total. The highest BCUT2D eigenvalue weighted by molar-refractivity contribution is 5.66. The molecule has 4 rings (SSSR count). The van der Waals surface area contributed by atoms with E-state index in [0.717, 1.165) is 31.9 Å². The minimum absolute atomic E-state index is 0.166. The minimum Gasteiger partial charge on any atom is -0.429 e. The van der Waals surface area contributed by atoms with Gasteiger partial charge in [-0.2, -0.15) is 8.78 Å². The Morgan fingerprint density at radius 3 is 1.69 bits per heavy atom. The average Bonchev–Trinajstić information content (AvgIpc) is 2.76. The van der Waals surface area contributed by atoms with Gasteiger partial charge in [0.1, 0.15) is 46.2 Å². The summed E-state index contributed by atoms with van der Waals surface area (Å²) in [5, 5.41) is 0. The van der Waals surface area contributed by atoms with Crippen molar-refractivity contribution < 1.29 is 39.9 Å². The number of benzene rings is 3.